The molecule has 62 valence electrons. The van der Waals surface area contributed by atoms with Gasteiger partial charge in [0.2, 0.25) is 0 Å². The van der Waals surface area contributed by atoms with Gasteiger partial charge in [-0.25, -0.2) is 5.43 Å². The maximum Gasteiger partial charge on any atom is 0.111 e. The Kier molecular flexibility index (Phi) is 1.84. The zero-order valence-corrected chi connectivity index (χ0v) is 6.55. The average molecular weight is 154 g/mol. The van der Waals surface area contributed by atoms with Gasteiger partial charge in [0.15, 0.2) is 0 Å². The zero-order chi connectivity index (χ0) is 7.68. The summed E-state index contributed by atoms with van der Waals surface area (Å²) >= 11 is 0. The Balaban J connectivity index is 1.98. The van der Waals surface area contributed by atoms with Gasteiger partial charge in [0, 0.05) is 6.42 Å². The van der Waals surface area contributed by atoms with Crippen molar-refractivity contribution in [3.05, 3.63) is 11.8 Å². The zero-order valence-electron chi connectivity index (χ0n) is 6.55. The quantitative estimate of drug-likeness (QED) is 0.460. The second-order valence-corrected chi connectivity index (χ2v) is 3.23. The number of nitrogens with one attached hydrogen (secondary N) is 1. The van der Waals surface area contributed by atoms with Crippen LogP contribution in [0.15, 0.2) is 11.8 Å². The summed E-state index contributed by atoms with van der Waals surface area (Å²) in [6.45, 7) is 0.834. The Morgan fingerprint density at radius 2 is 2.45 bits per heavy atom. The van der Waals surface area contributed by atoms with E-state index in [1.165, 1.54) is 12.8 Å². The molecule has 1 aliphatic heterocycles. The van der Waals surface area contributed by atoms with Crippen LogP contribution in [-0.2, 0) is 4.74 Å². The van der Waals surface area contributed by atoms with Gasteiger partial charge >= 0.3 is 0 Å². The Bertz CT molecular complexity index is 175. The topological polar surface area (TPSA) is 47.3 Å². The molecule has 1 unspecified atom stereocenters. The highest BCUT2D eigenvalue weighted by Gasteiger charge is 2.34. The highest BCUT2D eigenvalue weighted by Crippen LogP contribution is 2.36. The van der Waals surface area contributed by atoms with Gasteiger partial charge in [0.25, 0.3) is 0 Å². The molecule has 2 rings (SSSR count). The second-order valence-electron chi connectivity index (χ2n) is 3.23. The molecule has 0 radical (unpaired) electrons. The van der Waals surface area contributed by atoms with Crippen molar-refractivity contribution in [2.24, 2.45) is 11.8 Å². The van der Waals surface area contributed by atoms with Crippen molar-refractivity contribution in [1.82, 2.24) is 5.43 Å². The molecule has 0 spiro atoms. The van der Waals surface area contributed by atoms with E-state index in [1.807, 2.05) is 0 Å². The van der Waals surface area contributed by atoms with Crippen LogP contribution in [0.1, 0.15) is 19.3 Å². The van der Waals surface area contributed by atoms with E-state index < -0.39 is 0 Å². The maximum atomic E-state index is 5.43. The molecule has 0 saturated heterocycles. The predicted molar refractivity (Wildman–Crippen MR) is 42.5 cm³/mol. The first-order valence-electron chi connectivity index (χ1n) is 4.21. The van der Waals surface area contributed by atoms with Gasteiger partial charge in [0.1, 0.15) is 5.76 Å². The van der Waals surface area contributed by atoms with Gasteiger partial charge in [-0.1, -0.05) is 0 Å². The van der Waals surface area contributed by atoms with Crippen LogP contribution < -0.4 is 11.3 Å². The van der Waals surface area contributed by atoms with Gasteiger partial charge < -0.3 is 4.74 Å². The summed E-state index contributed by atoms with van der Waals surface area (Å²) in [7, 11) is 0. The summed E-state index contributed by atoms with van der Waals surface area (Å²) in [5.74, 6) is 7.21. The predicted octanol–water partition coefficient (Wildman–Crippen LogP) is 0.532. The van der Waals surface area contributed by atoms with Crippen molar-refractivity contribution in [2.75, 3.05) is 6.61 Å². The minimum absolute atomic E-state index is 0.289. The van der Waals surface area contributed by atoms with Gasteiger partial charge in [-0.2, -0.15) is 0 Å². The normalized spacial score (nSPS) is 26.1. The first kappa shape index (κ1) is 7.13. The van der Waals surface area contributed by atoms with Gasteiger partial charge in [-0.3, -0.25) is 5.84 Å². The minimum atomic E-state index is 0.289. The molecule has 1 heterocycles. The molecule has 11 heavy (non-hydrogen) atoms. The average Bonchev–Trinajstić information content (AvgIpc) is 2.68. The van der Waals surface area contributed by atoms with E-state index in [4.69, 9.17) is 10.6 Å². The third kappa shape index (κ3) is 1.39. The fourth-order valence-corrected chi connectivity index (χ4v) is 1.53. The molecule has 1 aliphatic carbocycles. The molecule has 3 N–H and O–H groups in total. The molecule has 0 amide bonds. The lowest BCUT2D eigenvalue weighted by atomic mass is 10.1. The highest BCUT2D eigenvalue weighted by atomic mass is 16.5. The molecule has 1 fully saturated rings. The van der Waals surface area contributed by atoms with E-state index in [2.05, 4.69) is 11.5 Å². The Labute approximate surface area is 66.6 Å². The summed E-state index contributed by atoms with van der Waals surface area (Å²) in [4.78, 5) is 0. The van der Waals surface area contributed by atoms with E-state index in [1.54, 1.807) is 0 Å². The molecule has 0 aromatic carbocycles. The summed E-state index contributed by atoms with van der Waals surface area (Å²) in [5, 5.41) is 0. The van der Waals surface area contributed by atoms with Crippen LogP contribution in [0.5, 0.6) is 0 Å². The molecule has 1 saturated carbocycles. The highest BCUT2D eigenvalue weighted by molar-refractivity contribution is 5.11. The number of nitrogens with two attached hydrogens (primary N) is 1. The molecule has 0 aromatic rings. The van der Waals surface area contributed by atoms with Crippen LogP contribution >= 0.6 is 0 Å². The molecule has 0 bridgehead atoms. The van der Waals surface area contributed by atoms with E-state index in [9.17, 15) is 0 Å². The summed E-state index contributed by atoms with van der Waals surface area (Å²) in [5.41, 5.74) is 2.81. The van der Waals surface area contributed by atoms with Crippen LogP contribution in [0.25, 0.3) is 0 Å². The summed E-state index contributed by atoms with van der Waals surface area (Å²) < 4.78 is 5.43. The van der Waals surface area contributed by atoms with Crippen LogP contribution in [-0.4, -0.2) is 12.6 Å². The maximum absolute atomic E-state index is 5.43. The smallest absolute Gasteiger partial charge is 0.111 e. The first-order chi connectivity index (χ1) is 5.42. The SMILES string of the molecule is NNC(C1=CCCO1)C1CC1. The van der Waals surface area contributed by atoms with E-state index in [0.717, 1.165) is 24.7 Å². The lowest BCUT2D eigenvalue weighted by molar-refractivity contribution is 0.208. The Morgan fingerprint density at radius 1 is 1.64 bits per heavy atom. The molecule has 2 aliphatic rings. The third-order valence-corrected chi connectivity index (χ3v) is 2.31. The van der Waals surface area contributed by atoms with E-state index >= 15 is 0 Å². The van der Waals surface area contributed by atoms with Crippen LogP contribution in [0, 0.1) is 5.92 Å². The number of hydrogen-bond donors (Lipinski definition) is 2. The fourth-order valence-electron chi connectivity index (χ4n) is 1.53. The van der Waals surface area contributed by atoms with Crippen molar-refractivity contribution in [3.63, 3.8) is 0 Å². The van der Waals surface area contributed by atoms with Gasteiger partial charge in [0.05, 0.1) is 12.6 Å². The lowest BCUT2D eigenvalue weighted by Gasteiger charge is -2.15. The minimum Gasteiger partial charge on any atom is -0.496 e. The number of rotatable bonds is 3. The van der Waals surface area contributed by atoms with Crippen molar-refractivity contribution in [3.8, 4) is 0 Å². The van der Waals surface area contributed by atoms with Gasteiger partial charge in [-0.05, 0) is 24.8 Å². The van der Waals surface area contributed by atoms with Gasteiger partial charge in [-0.15, -0.1) is 0 Å². The standard InChI is InChI=1S/C8H14N2O/c9-10-8(6-3-4-6)7-2-1-5-11-7/h2,6,8,10H,1,3-5,9H2. The molecular formula is C8H14N2O. The van der Waals surface area contributed by atoms with Crippen molar-refractivity contribution in [2.45, 2.75) is 25.3 Å². The first-order valence-corrected chi connectivity index (χ1v) is 4.21. The molecular weight excluding hydrogens is 140 g/mol. The third-order valence-electron chi connectivity index (χ3n) is 2.31. The summed E-state index contributed by atoms with van der Waals surface area (Å²) in [6.07, 6.45) is 5.76. The van der Waals surface area contributed by atoms with E-state index in [-0.39, 0.29) is 6.04 Å². The lowest BCUT2D eigenvalue weighted by Crippen LogP contribution is -2.38. The summed E-state index contributed by atoms with van der Waals surface area (Å²) in [6, 6.07) is 0.289. The van der Waals surface area contributed by atoms with Crippen LogP contribution in [0.3, 0.4) is 0 Å². The number of hydrazine groups is 1. The molecule has 0 aromatic heterocycles. The van der Waals surface area contributed by atoms with Crippen LogP contribution in [0.4, 0.5) is 0 Å². The number of ether oxygens (including phenoxy) is 1. The van der Waals surface area contributed by atoms with Crippen molar-refractivity contribution < 1.29 is 4.74 Å². The van der Waals surface area contributed by atoms with Crippen molar-refractivity contribution >= 4 is 0 Å². The monoisotopic (exact) mass is 154 g/mol. The molecule has 3 heteroatoms. The Morgan fingerprint density at radius 3 is 2.91 bits per heavy atom. The fraction of sp³-hybridized carbons (Fsp3) is 0.750. The van der Waals surface area contributed by atoms with E-state index in [0.29, 0.717) is 0 Å². The molecule has 3 nitrogen and oxygen atoms in total. The number of hydrogen-bond acceptors (Lipinski definition) is 3. The Hall–Kier alpha value is -0.540. The van der Waals surface area contributed by atoms with Crippen LogP contribution in [0.2, 0.25) is 0 Å². The second kappa shape index (κ2) is 2.83. The van der Waals surface area contributed by atoms with Crippen molar-refractivity contribution in [1.29, 1.82) is 0 Å². The largest absolute Gasteiger partial charge is 0.496 e. The molecule has 1 atom stereocenters.